The van der Waals surface area contributed by atoms with Crippen molar-refractivity contribution in [3.63, 3.8) is 0 Å². The van der Waals surface area contributed by atoms with Crippen LogP contribution < -0.4 is 0 Å². The number of aromatic nitrogens is 2. The number of ether oxygens (including phenoxy) is 1. The van der Waals surface area contributed by atoms with Gasteiger partial charge < -0.3 is 9.29 Å². The highest BCUT2D eigenvalue weighted by atomic mass is 32.2. The van der Waals surface area contributed by atoms with Crippen LogP contribution in [0.25, 0.3) is 10.9 Å². The second kappa shape index (κ2) is 8.81. The van der Waals surface area contributed by atoms with Gasteiger partial charge in [-0.05, 0) is 52.0 Å². The molecule has 2 heterocycles. The number of benzene rings is 1. The molecule has 3 aromatic rings. The molecular formula is C21H23N3O5S2. The van der Waals surface area contributed by atoms with Crippen LogP contribution in [0.1, 0.15) is 33.4 Å². The summed E-state index contributed by atoms with van der Waals surface area (Å²) in [4.78, 5) is 16.9. The van der Waals surface area contributed by atoms with E-state index in [1.54, 1.807) is 45.9 Å². The maximum Gasteiger partial charge on any atom is 0.363 e. The normalized spacial score (nSPS) is 13.9. The minimum absolute atomic E-state index is 0.0331. The first-order chi connectivity index (χ1) is 14.6. The lowest BCUT2D eigenvalue weighted by molar-refractivity contribution is -0.134. The molecule has 8 nitrogen and oxygen atoms in total. The van der Waals surface area contributed by atoms with E-state index in [-0.39, 0.29) is 22.9 Å². The Bertz CT molecular complexity index is 1230. The predicted octanol–water partition coefficient (Wildman–Crippen LogP) is 3.09. The van der Waals surface area contributed by atoms with Crippen molar-refractivity contribution in [3.05, 3.63) is 60.6 Å². The second-order valence-electron chi connectivity index (χ2n) is 7.57. The van der Waals surface area contributed by atoms with E-state index in [0.29, 0.717) is 10.9 Å². The van der Waals surface area contributed by atoms with Crippen molar-refractivity contribution in [2.24, 2.45) is 4.40 Å². The Morgan fingerprint density at radius 2 is 1.90 bits per heavy atom. The minimum Gasteiger partial charge on any atom is -0.591 e. The summed E-state index contributed by atoms with van der Waals surface area (Å²) in [5.41, 5.74) is -0.0545. The zero-order chi connectivity index (χ0) is 22.8. The molecule has 0 saturated heterocycles. The Balaban J connectivity index is 2.35. The molecule has 1 aromatic carbocycles. The molecule has 10 heteroatoms. The van der Waals surface area contributed by atoms with Crippen LogP contribution >= 0.6 is 0 Å². The zero-order valence-electron chi connectivity index (χ0n) is 17.6. The molecule has 0 aliphatic rings. The quantitative estimate of drug-likeness (QED) is 0.317. The molecule has 0 bridgehead atoms. The molecule has 1 atom stereocenters. The second-order valence-corrected chi connectivity index (χ2v) is 11.3. The van der Waals surface area contributed by atoms with Crippen LogP contribution in [-0.4, -0.2) is 45.0 Å². The van der Waals surface area contributed by atoms with Gasteiger partial charge in [-0.15, -0.1) is 0 Å². The van der Waals surface area contributed by atoms with Crippen molar-refractivity contribution >= 4 is 44.0 Å². The van der Waals surface area contributed by atoms with Crippen LogP contribution in [0, 0.1) is 0 Å². The summed E-state index contributed by atoms with van der Waals surface area (Å²) in [6, 6.07) is 10.8. The number of fused-ring (bicyclic) bond motifs is 1. The summed E-state index contributed by atoms with van der Waals surface area (Å²) in [5.74, 6) is -0.861. The average Bonchev–Trinajstić information content (AvgIpc) is 3.11. The summed E-state index contributed by atoms with van der Waals surface area (Å²) in [7, 11) is -4.12. The number of nitrogens with zero attached hydrogens (tertiary/aromatic N) is 3. The van der Waals surface area contributed by atoms with Crippen molar-refractivity contribution in [2.75, 3.05) is 6.61 Å². The van der Waals surface area contributed by atoms with E-state index in [0.717, 1.165) is 3.97 Å². The van der Waals surface area contributed by atoms with Crippen LogP contribution in [-0.2, 0) is 30.9 Å². The first-order valence-corrected chi connectivity index (χ1v) is 12.1. The Kier molecular flexibility index (Phi) is 6.54. The van der Waals surface area contributed by atoms with Crippen molar-refractivity contribution in [2.45, 2.75) is 37.3 Å². The molecule has 164 valence electrons. The van der Waals surface area contributed by atoms with Gasteiger partial charge in [-0.3, -0.25) is 4.98 Å². The molecular weight excluding hydrogens is 438 g/mol. The standard InChI is InChI=1S/C21H23N3O5S2/c1-5-29-20(25)19(23-30(26)21(2,3)4)18-13-15-14-22-12-11-17(15)24(18)31(27,28)16-9-7-6-8-10-16/h6-14H,5H2,1-4H3. The first-order valence-electron chi connectivity index (χ1n) is 9.51. The number of hydrogen-bond donors (Lipinski definition) is 0. The van der Waals surface area contributed by atoms with Gasteiger partial charge in [0, 0.05) is 17.8 Å². The Morgan fingerprint density at radius 1 is 1.23 bits per heavy atom. The molecule has 0 fully saturated rings. The van der Waals surface area contributed by atoms with Crippen LogP contribution in [0.15, 0.2) is 64.2 Å². The fourth-order valence-electron chi connectivity index (χ4n) is 2.76. The van der Waals surface area contributed by atoms with Crippen molar-refractivity contribution < 1.29 is 22.5 Å². The molecule has 0 amide bonds. The molecule has 1 unspecified atom stereocenters. The van der Waals surface area contributed by atoms with E-state index < -0.39 is 32.1 Å². The van der Waals surface area contributed by atoms with Gasteiger partial charge in [0.25, 0.3) is 10.0 Å². The van der Waals surface area contributed by atoms with E-state index in [1.165, 1.54) is 36.7 Å². The van der Waals surface area contributed by atoms with E-state index in [2.05, 4.69) is 9.38 Å². The van der Waals surface area contributed by atoms with Crippen molar-refractivity contribution in [3.8, 4) is 0 Å². The number of hydrogen-bond acceptors (Lipinski definition) is 7. The summed E-state index contributed by atoms with van der Waals surface area (Å²) >= 11 is -1.83. The maximum absolute atomic E-state index is 13.6. The Hall–Kier alpha value is -2.69. The van der Waals surface area contributed by atoms with Gasteiger partial charge in [-0.2, -0.15) is 0 Å². The summed E-state index contributed by atoms with van der Waals surface area (Å²) in [6.07, 6.45) is 2.94. The van der Waals surface area contributed by atoms with E-state index in [1.807, 2.05) is 0 Å². The molecule has 0 saturated carbocycles. The predicted molar refractivity (Wildman–Crippen MR) is 120 cm³/mol. The van der Waals surface area contributed by atoms with Gasteiger partial charge in [0.2, 0.25) is 5.71 Å². The number of rotatable bonds is 6. The van der Waals surface area contributed by atoms with Crippen LogP contribution in [0.5, 0.6) is 0 Å². The molecule has 0 N–H and O–H groups in total. The van der Waals surface area contributed by atoms with Crippen molar-refractivity contribution in [1.29, 1.82) is 0 Å². The summed E-state index contributed by atoms with van der Waals surface area (Å²) in [5, 5.41) is 0.482. The van der Waals surface area contributed by atoms with Gasteiger partial charge in [-0.25, -0.2) is 17.2 Å². The number of carbonyl (C=O) groups excluding carboxylic acids is 1. The minimum atomic E-state index is -4.12. The number of esters is 1. The third kappa shape index (κ3) is 4.65. The maximum atomic E-state index is 13.6. The lowest BCUT2D eigenvalue weighted by Gasteiger charge is -2.19. The van der Waals surface area contributed by atoms with E-state index in [4.69, 9.17) is 4.74 Å². The van der Waals surface area contributed by atoms with Crippen LogP contribution in [0.4, 0.5) is 0 Å². The highest BCUT2D eigenvalue weighted by Gasteiger charge is 2.34. The zero-order valence-corrected chi connectivity index (χ0v) is 19.2. The fraction of sp³-hybridized carbons (Fsp3) is 0.286. The Labute approximate surface area is 184 Å². The summed E-state index contributed by atoms with van der Waals surface area (Å²) in [6.45, 7) is 6.78. The lowest BCUT2D eigenvalue weighted by atomic mass is 10.2. The molecule has 3 rings (SSSR count). The topological polar surface area (TPSA) is 114 Å². The molecule has 31 heavy (non-hydrogen) atoms. The monoisotopic (exact) mass is 461 g/mol. The molecule has 0 aliphatic heterocycles. The van der Waals surface area contributed by atoms with Gasteiger partial charge in [0.15, 0.2) is 0 Å². The fourth-order valence-corrected chi connectivity index (χ4v) is 4.90. The summed E-state index contributed by atoms with van der Waals surface area (Å²) < 4.78 is 49.3. The molecule has 0 spiro atoms. The van der Waals surface area contributed by atoms with Gasteiger partial charge >= 0.3 is 5.97 Å². The smallest absolute Gasteiger partial charge is 0.363 e. The molecule has 2 aromatic heterocycles. The van der Waals surface area contributed by atoms with Crippen molar-refractivity contribution in [1.82, 2.24) is 8.96 Å². The molecule has 0 aliphatic carbocycles. The average molecular weight is 462 g/mol. The highest BCUT2D eigenvalue weighted by Crippen LogP contribution is 2.27. The van der Waals surface area contributed by atoms with Gasteiger partial charge in [0.05, 0.1) is 22.7 Å². The van der Waals surface area contributed by atoms with E-state index in [9.17, 15) is 17.8 Å². The van der Waals surface area contributed by atoms with Gasteiger partial charge in [0.1, 0.15) is 16.1 Å². The number of pyridine rings is 1. The SMILES string of the molecule is CCOC(=O)C(=N[S+]([O-])C(C)(C)C)c1cc2cnccc2n1S(=O)(=O)c1ccccc1. The highest BCUT2D eigenvalue weighted by molar-refractivity contribution is 7.91. The third-order valence-electron chi connectivity index (χ3n) is 4.25. The number of carbonyl (C=O) groups is 1. The lowest BCUT2D eigenvalue weighted by Crippen LogP contribution is -2.31. The van der Waals surface area contributed by atoms with Crippen LogP contribution in [0.3, 0.4) is 0 Å². The first kappa shape index (κ1) is 23.0. The third-order valence-corrected chi connectivity index (χ3v) is 7.39. The molecule has 0 radical (unpaired) electrons. The van der Waals surface area contributed by atoms with Gasteiger partial charge in [-0.1, -0.05) is 22.6 Å². The van der Waals surface area contributed by atoms with Crippen LogP contribution in [0.2, 0.25) is 0 Å². The Morgan fingerprint density at radius 3 is 2.52 bits per heavy atom. The van der Waals surface area contributed by atoms with E-state index >= 15 is 0 Å². The largest absolute Gasteiger partial charge is 0.591 e.